The molecule has 1 rings (SSSR count). The molecule has 3 atom stereocenters. The second-order valence-corrected chi connectivity index (χ2v) is 4.91. The van der Waals surface area contributed by atoms with Crippen molar-refractivity contribution in [2.45, 2.75) is 46.0 Å². The molecule has 0 aromatic rings. The molecular formula is C11H16F6. The van der Waals surface area contributed by atoms with Gasteiger partial charge in [0.2, 0.25) is 0 Å². The quantitative estimate of drug-likeness (QED) is 0.627. The molecule has 0 aromatic heterocycles. The molecule has 1 fully saturated rings. The highest BCUT2D eigenvalue weighted by Gasteiger charge is 2.82. The van der Waals surface area contributed by atoms with Gasteiger partial charge in [0.15, 0.2) is 5.41 Å². The molecule has 17 heavy (non-hydrogen) atoms. The van der Waals surface area contributed by atoms with E-state index in [-0.39, 0.29) is 6.42 Å². The minimum Gasteiger partial charge on any atom is -0.170 e. The van der Waals surface area contributed by atoms with Crippen LogP contribution < -0.4 is 0 Å². The normalized spacial score (nSPS) is 33.4. The molecule has 0 bridgehead atoms. The van der Waals surface area contributed by atoms with Crippen LogP contribution in [0.5, 0.6) is 0 Å². The van der Waals surface area contributed by atoms with Gasteiger partial charge < -0.3 is 0 Å². The van der Waals surface area contributed by atoms with E-state index in [4.69, 9.17) is 0 Å². The maximum atomic E-state index is 12.9. The van der Waals surface area contributed by atoms with Gasteiger partial charge in [-0.15, -0.1) is 0 Å². The monoisotopic (exact) mass is 262 g/mol. The Labute approximate surface area is 96.4 Å². The minimum atomic E-state index is -5.23. The summed E-state index contributed by atoms with van der Waals surface area (Å²) in [4.78, 5) is 0. The van der Waals surface area contributed by atoms with Gasteiger partial charge in [-0.25, -0.2) is 0 Å². The van der Waals surface area contributed by atoms with Crippen LogP contribution in [0.25, 0.3) is 0 Å². The van der Waals surface area contributed by atoms with E-state index in [1.807, 2.05) is 0 Å². The van der Waals surface area contributed by atoms with Crippen molar-refractivity contribution in [3.05, 3.63) is 0 Å². The molecule has 0 saturated heterocycles. The van der Waals surface area contributed by atoms with Gasteiger partial charge in [-0.1, -0.05) is 27.2 Å². The molecule has 0 aromatic carbocycles. The Bertz CT molecular complexity index is 263. The molecule has 0 nitrogen and oxygen atoms in total. The van der Waals surface area contributed by atoms with E-state index in [0.29, 0.717) is 6.42 Å². The van der Waals surface area contributed by atoms with Crippen LogP contribution in [0.1, 0.15) is 33.6 Å². The highest BCUT2D eigenvalue weighted by molar-refractivity contribution is 5.12. The van der Waals surface area contributed by atoms with Gasteiger partial charge in [0.1, 0.15) is 0 Å². The standard InChI is InChI=1S/C11H16F6/c1-4-5-8-6(2)7(3)9(8,10(12,13)14)11(15,16)17/h6-8H,4-5H2,1-3H3/t6?,7-,8+/m1/s1. The summed E-state index contributed by atoms with van der Waals surface area (Å²) in [7, 11) is 0. The molecule has 0 N–H and O–H groups in total. The summed E-state index contributed by atoms with van der Waals surface area (Å²) in [6.07, 6.45) is -10.2. The second-order valence-electron chi connectivity index (χ2n) is 4.91. The van der Waals surface area contributed by atoms with Crippen molar-refractivity contribution in [1.82, 2.24) is 0 Å². The maximum Gasteiger partial charge on any atom is 0.403 e. The van der Waals surface area contributed by atoms with Crippen LogP contribution >= 0.6 is 0 Å². The summed E-state index contributed by atoms with van der Waals surface area (Å²) in [6.45, 7) is 4.13. The van der Waals surface area contributed by atoms with E-state index in [0.717, 1.165) is 6.92 Å². The van der Waals surface area contributed by atoms with E-state index in [9.17, 15) is 26.3 Å². The topological polar surface area (TPSA) is 0 Å². The summed E-state index contributed by atoms with van der Waals surface area (Å²) in [5.41, 5.74) is -3.50. The Hall–Kier alpha value is -0.420. The molecular weight excluding hydrogens is 246 g/mol. The van der Waals surface area contributed by atoms with E-state index in [1.165, 1.54) is 6.92 Å². The zero-order chi connectivity index (χ0) is 13.6. The molecule has 0 heterocycles. The number of alkyl halides is 6. The van der Waals surface area contributed by atoms with Crippen LogP contribution in [0, 0.1) is 23.2 Å². The van der Waals surface area contributed by atoms with Gasteiger partial charge in [0, 0.05) is 0 Å². The molecule has 0 aliphatic heterocycles. The van der Waals surface area contributed by atoms with Crippen LogP contribution in [-0.2, 0) is 0 Å². The first kappa shape index (κ1) is 14.6. The molecule has 1 aliphatic carbocycles. The van der Waals surface area contributed by atoms with E-state index < -0.39 is 35.5 Å². The average molecular weight is 262 g/mol. The van der Waals surface area contributed by atoms with Gasteiger partial charge in [0.05, 0.1) is 0 Å². The third kappa shape index (κ3) is 1.74. The smallest absolute Gasteiger partial charge is 0.170 e. The maximum absolute atomic E-state index is 12.9. The molecule has 1 saturated carbocycles. The van der Waals surface area contributed by atoms with E-state index >= 15 is 0 Å². The fraction of sp³-hybridized carbons (Fsp3) is 1.00. The van der Waals surface area contributed by atoms with Gasteiger partial charge in [-0.2, -0.15) is 26.3 Å². The van der Waals surface area contributed by atoms with Gasteiger partial charge in [0.25, 0.3) is 0 Å². The lowest BCUT2D eigenvalue weighted by Gasteiger charge is -2.60. The minimum absolute atomic E-state index is 0.0372. The van der Waals surface area contributed by atoms with Crippen LogP contribution in [0.3, 0.4) is 0 Å². The lowest BCUT2D eigenvalue weighted by molar-refractivity contribution is -0.421. The largest absolute Gasteiger partial charge is 0.403 e. The molecule has 102 valence electrons. The molecule has 1 unspecified atom stereocenters. The summed E-state index contributed by atoms with van der Waals surface area (Å²) in [5, 5.41) is 0. The summed E-state index contributed by atoms with van der Waals surface area (Å²) < 4.78 is 77.6. The molecule has 1 aliphatic rings. The lowest BCUT2D eigenvalue weighted by Crippen LogP contribution is -2.69. The molecule has 6 heteroatoms. The molecule has 0 amide bonds. The van der Waals surface area contributed by atoms with Crippen LogP contribution in [0.2, 0.25) is 0 Å². The summed E-state index contributed by atoms with van der Waals surface area (Å²) in [5.74, 6) is -3.29. The Balaban J connectivity index is 3.24. The third-order valence-electron chi connectivity index (χ3n) is 4.26. The second kappa shape index (κ2) is 4.05. The van der Waals surface area contributed by atoms with Crippen LogP contribution in [-0.4, -0.2) is 12.4 Å². The Morgan fingerprint density at radius 2 is 1.35 bits per heavy atom. The van der Waals surface area contributed by atoms with Crippen molar-refractivity contribution in [3.8, 4) is 0 Å². The number of halogens is 6. The summed E-state index contributed by atoms with van der Waals surface area (Å²) in [6, 6.07) is 0. The van der Waals surface area contributed by atoms with Crippen molar-refractivity contribution < 1.29 is 26.3 Å². The van der Waals surface area contributed by atoms with Crippen molar-refractivity contribution >= 4 is 0 Å². The van der Waals surface area contributed by atoms with Crippen molar-refractivity contribution in [3.63, 3.8) is 0 Å². The van der Waals surface area contributed by atoms with Gasteiger partial charge >= 0.3 is 12.4 Å². The van der Waals surface area contributed by atoms with Gasteiger partial charge in [-0.05, 0) is 24.2 Å². The van der Waals surface area contributed by atoms with Crippen molar-refractivity contribution in [2.75, 3.05) is 0 Å². The zero-order valence-electron chi connectivity index (χ0n) is 9.91. The first-order valence-electron chi connectivity index (χ1n) is 5.65. The van der Waals surface area contributed by atoms with E-state index in [1.54, 1.807) is 6.92 Å². The fourth-order valence-corrected chi connectivity index (χ4v) is 3.30. The van der Waals surface area contributed by atoms with Crippen LogP contribution in [0.4, 0.5) is 26.3 Å². The predicted octanol–water partition coefficient (Wildman–Crippen LogP) is 4.80. The first-order valence-corrected chi connectivity index (χ1v) is 5.65. The number of hydrogen-bond acceptors (Lipinski definition) is 0. The highest BCUT2D eigenvalue weighted by Crippen LogP contribution is 2.71. The van der Waals surface area contributed by atoms with E-state index in [2.05, 4.69) is 0 Å². The van der Waals surface area contributed by atoms with Crippen LogP contribution in [0.15, 0.2) is 0 Å². The highest BCUT2D eigenvalue weighted by atomic mass is 19.4. The first-order chi connectivity index (χ1) is 7.51. The zero-order valence-corrected chi connectivity index (χ0v) is 9.91. The fourth-order valence-electron chi connectivity index (χ4n) is 3.30. The summed E-state index contributed by atoms with van der Waals surface area (Å²) >= 11 is 0. The van der Waals surface area contributed by atoms with Crippen molar-refractivity contribution in [2.24, 2.45) is 23.2 Å². The Morgan fingerprint density at radius 3 is 1.65 bits per heavy atom. The molecule has 0 spiro atoms. The van der Waals surface area contributed by atoms with Crippen molar-refractivity contribution in [1.29, 1.82) is 0 Å². The Kier molecular flexibility index (Phi) is 3.49. The number of rotatable bonds is 2. The third-order valence-corrected chi connectivity index (χ3v) is 4.26. The SMILES string of the molecule is CCC[C@H]1C(C)[C@@H](C)C1(C(F)(F)F)C(F)(F)F. The predicted molar refractivity (Wildman–Crippen MR) is 51.3 cm³/mol. The average Bonchev–Trinajstić information content (AvgIpc) is 2.12. The number of hydrogen-bond donors (Lipinski definition) is 0. The lowest BCUT2D eigenvalue weighted by atomic mass is 9.45. The Morgan fingerprint density at radius 1 is 0.941 bits per heavy atom. The van der Waals surface area contributed by atoms with Gasteiger partial charge in [-0.3, -0.25) is 0 Å². The molecule has 0 radical (unpaired) electrons.